The molecule has 0 spiro atoms. The smallest absolute Gasteiger partial charge is 0.317 e. The van der Waals surface area contributed by atoms with Crippen molar-refractivity contribution in [1.29, 1.82) is 0 Å². The molecule has 1 rings (SSSR count). The van der Waals surface area contributed by atoms with Gasteiger partial charge in [0, 0.05) is 6.04 Å². The summed E-state index contributed by atoms with van der Waals surface area (Å²) in [6, 6.07) is 0.352. The summed E-state index contributed by atoms with van der Waals surface area (Å²) in [5, 5.41) is 8.80. The van der Waals surface area contributed by atoms with Crippen molar-refractivity contribution in [3.63, 3.8) is 0 Å². The number of carbonyl (C=O) groups is 1. The van der Waals surface area contributed by atoms with Gasteiger partial charge in [0.05, 0.1) is 18.8 Å². The molecule has 15 heavy (non-hydrogen) atoms. The molecule has 1 aliphatic heterocycles. The number of carboxylic acids is 1. The van der Waals surface area contributed by atoms with E-state index < -0.39 is 5.97 Å². The quantitative estimate of drug-likeness (QED) is 0.769. The summed E-state index contributed by atoms with van der Waals surface area (Å²) in [5.74, 6) is -0.747. The average Bonchev–Trinajstić information content (AvgIpc) is 2.12. The lowest BCUT2D eigenvalue weighted by Gasteiger charge is -2.38. The van der Waals surface area contributed by atoms with Crippen molar-refractivity contribution in [2.24, 2.45) is 0 Å². The predicted octanol–water partition coefficient (Wildman–Crippen LogP) is 1.35. The van der Waals surface area contributed by atoms with Gasteiger partial charge in [0.1, 0.15) is 0 Å². The van der Waals surface area contributed by atoms with E-state index in [-0.39, 0.29) is 18.8 Å². The number of carboxylic acid groups (broad SMARTS) is 1. The molecule has 1 aliphatic rings. The van der Waals surface area contributed by atoms with Crippen molar-refractivity contribution in [2.75, 3.05) is 13.1 Å². The lowest BCUT2D eigenvalue weighted by atomic mass is 9.98. The Balaban J connectivity index is 2.54. The van der Waals surface area contributed by atoms with Crippen LogP contribution in [0.2, 0.25) is 0 Å². The molecular weight excluding hydrogens is 194 g/mol. The van der Waals surface area contributed by atoms with E-state index in [1.807, 2.05) is 11.8 Å². The fraction of sp³-hybridized carbons (Fsp3) is 0.909. The van der Waals surface area contributed by atoms with Gasteiger partial charge in [-0.2, -0.15) is 0 Å². The van der Waals surface area contributed by atoms with E-state index in [0.717, 1.165) is 19.4 Å². The molecule has 0 aromatic carbocycles. The van der Waals surface area contributed by atoms with Gasteiger partial charge in [-0.3, -0.25) is 9.69 Å². The Morgan fingerprint density at radius 1 is 1.40 bits per heavy atom. The van der Waals surface area contributed by atoms with Crippen molar-refractivity contribution in [1.82, 2.24) is 4.90 Å². The molecule has 4 heteroatoms. The van der Waals surface area contributed by atoms with Crippen LogP contribution in [-0.2, 0) is 9.53 Å². The first kappa shape index (κ1) is 12.5. The molecule has 2 atom stereocenters. The zero-order valence-corrected chi connectivity index (χ0v) is 9.77. The van der Waals surface area contributed by atoms with Crippen LogP contribution in [0.3, 0.4) is 0 Å². The molecule has 4 nitrogen and oxygen atoms in total. The Labute approximate surface area is 91.2 Å². The number of ether oxygens (including phenoxy) is 1. The molecule has 0 bridgehead atoms. The highest BCUT2D eigenvalue weighted by Crippen LogP contribution is 2.23. The molecule has 1 fully saturated rings. The molecule has 2 unspecified atom stereocenters. The maximum Gasteiger partial charge on any atom is 0.317 e. The van der Waals surface area contributed by atoms with Gasteiger partial charge in [0.25, 0.3) is 0 Å². The van der Waals surface area contributed by atoms with Crippen molar-refractivity contribution in [2.45, 2.75) is 51.9 Å². The van der Waals surface area contributed by atoms with Gasteiger partial charge in [-0.15, -0.1) is 0 Å². The van der Waals surface area contributed by atoms with E-state index in [2.05, 4.69) is 13.8 Å². The van der Waals surface area contributed by atoms with E-state index in [9.17, 15) is 4.79 Å². The standard InChI is InChI=1S/C11H21NO3/c1-4-12(7-11(13)14)10-5-8(2)15-9(3)6-10/h8-10H,4-7H2,1-3H3,(H,13,14). The van der Waals surface area contributed by atoms with E-state index in [0.29, 0.717) is 6.04 Å². The highest BCUT2D eigenvalue weighted by Gasteiger charge is 2.28. The van der Waals surface area contributed by atoms with Gasteiger partial charge in [-0.1, -0.05) is 6.92 Å². The minimum Gasteiger partial charge on any atom is -0.480 e. The second-order valence-corrected chi connectivity index (χ2v) is 4.34. The fourth-order valence-electron chi connectivity index (χ4n) is 2.34. The molecule has 0 radical (unpaired) electrons. The van der Waals surface area contributed by atoms with Crippen molar-refractivity contribution in [3.8, 4) is 0 Å². The van der Waals surface area contributed by atoms with Crippen LogP contribution in [0, 0.1) is 0 Å². The van der Waals surface area contributed by atoms with Gasteiger partial charge in [0.15, 0.2) is 0 Å². The number of likely N-dealkylation sites (N-methyl/N-ethyl adjacent to an activating group) is 1. The van der Waals surface area contributed by atoms with Crippen molar-refractivity contribution < 1.29 is 14.6 Å². The number of aliphatic carboxylic acids is 1. The molecule has 0 aromatic heterocycles. The molecule has 1 heterocycles. The summed E-state index contributed by atoms with van der Waals surface area (Å²) < 4.78 is 5.64. The number of hydrogen-bond acceptors (Lipinski definition) is 3. The Morgan fingerprint density at radius 2 is 1.93 bits per heavy atom. The minimum absolute atomic E-state index is 0.139. The van der Waals surface area contributed by atoms with E-state index >= 15 is 0 Å². The van der Waals surface area contributed by atoms with Crippen LogP contribution < -0.4 is 0 Å². The summed E-state index contributed by atoms with van der Waals surface area (Å²) in [6.07, 6.45) is 2.35. The number of hydrogen-bond donors (Lipinski definition) is 1. The first-order valence-electron chi connectivity index (χ1n) is 5.64. The summed E-state index contributed by atoms with van der Waals surface area (Å²) in [7, 11) is 0. The monoisotopic (exact) mass is 215 g/mol. The third-order valence-corrected chi connectivity index (χ3v) is 2.93. The van der Waals surface area contributed by atoms with Crippen LogP contribution >= 0.6 is 0 Å². The highest BCUT2D eigenvalue weighted by atomic mass is 16.5. The summed E-state index contributed by atoms with van der Waals surface area (Å²) >= 11 is 0. The molecular formula is C11H21NO3. The molecule has 0 aromatic rings. The zero-order valence-electron chi connectivity index (χ0n) is 9.77. The van der Waals surface area contributed by atoms with Gasteiger partial charge >= 0.3 is 5.97 Å². The predicted molar refractivity (Wildman–Crippen MR) is 57.9 cm³/mol. The van der Waals surface area contributed by atoms with E-state index in [1.165, 1.54) is 0 Å². The summed E-state index contributed by atoms with van der Waals surface area (Å²) in [4.78, 5) is 12.7. The highest BCUT2D eigenvalue weighted by molar-refractivity contribution is 5.69. The van der Waals surface area contributed by atoms with Gasteiger partial charge < -0.3 is 9.84 Å². The molecule has 1 saturated heterocycles. The van der Waals surface area contributed by atoms with E-state index in [4.69, 9.17) is 9.84 Å². The van der Waals surface area contributed by atoms with Gasteiger partial charge in [0.2, 0.25) is 0 Å². The second-order valence-electron chi connectivity index (χ2n) is 4.34. The third kappa shape index (κ3) is 3.80. The van der Waals surface area contributed by atoms with Crippen LogP contribution in [-0.4, -0.2) is 47.3 Å². The van der Waals surface area contributed by atoms with Crippen LogP contribution in [0.1, 0.15) is 33.6 Å². The average molecular weight is 215 g/mol. The van der Waals surface area contributed by atoms with Gasteiger partial charge in [-0.05, 0) is 33.2 Å². The lowest BCUT2D eigenvalue weighted by Crippen LogP contribution is -2.46. The first-order valence-corrected chi connectivity index (χ1v) is 5.64. The Kier molecular flexibility index (Phi) is 4.54. The van der Waals surface area contributed by atoms with Crippen LogP contribution in [0.5, 0.6) is 0 Å². The van der Waals surface area contributed by atoms with Crippen LogP contribution in [0.4, 0.5) is 0 Å². The number of rotatable bonds is 4. The molecule has 88 valence electrons. The maximum atomic E-state index is 10.7. The van der Waals surface area contributed by atoms with Crippen LogP contribution in [0.15, 0.2) is 0 Å². The normalized spacial score (nSPS) is 31.9. The Morgan fingerprint density at radius 3 is 2.33 bits per heavy atom. The molecule has 0 amide bonds. The molecule has 0 aliphatic carbocycles. The zero-order chi connectivity index (χ0) is 11.4. The SMILES string of the molecule is CCN(CC(=O)O)C1CC(C)OC(C)C1. The second kappa shape index (κ2) is 5.47. The van der Waals surface area contributed by atoms with Crippen molar-refractivity contribution in [3.05, 3.63) is 0 Å². The maximum absolute atomic E-state index is 10.7. The fourth-order valence-corrected chi connectivity index (χ4v) is 2.34. The number of nitrogens with zero attached hydrogens (tertiary/aromatic N) is 1. The van der Waals surface area contributed by atoms with Crippen molar-refractivity contribution >= 4 is 5.97 Å². The molecule has 1 N–H and O–H groups in total. The third-order valence-electron chi connectivity index (χ3n) is 2.93. The largest absolute Gasteiger partial charge is 0.480 e. The minimum atomic E-state index is -0.747. The summed E-state index contributed by atoms with van der Waals surface area (Å²) in [5.41, 5.74) is 0. The lowest BCUT2D eigenvalue weighted by molar-refractivity contribution is -0.140. The first-order chi connectivity index (χ1) is 7.02. The Hall–Kier alpha value is -0.610. The van der Waals surface area contributed by atoms with Gasteiger partial charge in [-0.25, -0.2) is 0 Å². The van der Waals surface area contributed by atoms with Crippen LogP contribution in [0.25, 0.3) is 0 Å². The van der Waals surface area contributed by atoms with E-state index in [1.54, 1.807) is 0 Å². The summed E-state index contributed by atoms with van der Waals surface area (Å²) in [6.45, 7) is 7.04. The Bertz CT molecular complexity index is 210. The topological polar surface area (TPSA) is 49.8 Å². The molecule has 0 saturated carbocycles.